The monoisotopic (exact) mass is 1870 g/mol. The molecule has 147 heavy (non-hydrogen) atoms. The van der Waals surface area contributed by atoms with Crippen LogP contribution in [0.1, 0.15) is 0 Å². The maximum atomic E-state index is 6.43. The summed E-state index contributed by atoms with van der Waals surface area (Å²) in [5, 5.41) is 22.0. The molecular weight excluding hydrogens is 1780 g/mol. The molecule has 4 heterocycles. The highest BCUT2D eigenvalue weighted by Gasteiger charge is 2.27. The molecule has 7 nitrogen and oxygen atoms in total. The van der Waals surface area contributed by atoms with Crippen LogP contribution in [0, 0.1) is 0 Å². The third kappa shape index (κ3) is 15.8. The highest BCUT2D eigenvalue weighted by atomic mass is 16.3. The number of benzene rings is 25. The molecule has 0 aliphatic rings. The van der Waals surface area contributed by atoms with E-state index >= 15 is 0 Å². The van der Waals surface area contributed by atoms with Gasteiger partial charge in [-0.3, -0.25) is 0 Å². The normalized spacial score (nSPS) is 11.5. The van der Waals surface area contributed by atoms with Gasteiger partial charge in [0.05, 0.1) is 38.8 Å². The molecule has 0 aliphatic heterocycles. The molecule has 0 radical (unpaired) electrons. The molecule has 690 valence electrons. The molecule has 4 aromatic heterocycles. The number of rotatable bonds is 16. The van der Waals surface area contributed by atoms with Crippen molar-refractivity contribution in [3.63, 3.8) is 0 Å². The summed E-state index contributed by atoms with van der Waals surface area (Å²) in [4.78, 5) is 7.12. The van der Waals surface area contributed by atoms with E-state index in [-0.39, 0.29) is 0 Å². The van der Waals surface area contributed by atoms with Gasteiger partial charge >= 0.3 is 0 Å². The van der Waals surface area contributed by atoms with Gasteiger partial charge in [-0.25, -0.2) is 0 Å². The third-order valence-corrected chi connectivity index (χ3v) is 29.2. The second-order valence-corrected chi connectivity index (χ2v) is 37.8. The summed E-state index contributed by atoms with van der Waals surface area (Å²) in [5.41, 5.74) is 32.0. The van der Waals surface area contributed by atoms with Crippen molar-refractivity contribution in [2.45, 2.75) is 0 Å². The lowest BCUT2D eigenvalue weighted by atomic mass is 10.0. The van der Waals surface area contributed by atoms with E-state index in [1.807, 2.05) is 12.1 Å². The van der Waals surface area contributed by atoms with Crippen LogP contribution in [0.5, 0.6) is 0 Å². The molecule has 0 saturated heterocycles. The van der Waals surface area contributed by atoms with Crippen LogP contribution in [0.3, 0.4) is 0 Å². The molecule has 0 unspecified atom stereocenters. The van der Waals surface area contributed by atoms with E-state index in [2.05, 4.69) is 587 Å². The molecule has 0 N–H and O–H groups in total. The summed E-state index contributed by atoms with van der Waals surface area (Å²) in [5.74, 6) is 0. The fraction of sp³-hybridized carbons (Fsp3) is 0. The van der Waals surface area contributed by atoms with Crippen molar-refractivity contribution in [1.29, 1.82) is 0 Å². The Balaban J connectivity index is 0.000000109. The van der Waals surface area contributed by atoms with E-state index in [0.717, 1.165) is 95.7 Å². The maximum Gasteiger partial charge on any atom is 0.137 e. The third-order valence-electron chi connectivity index (χ3n) is 29.2. The van der Waals surface area contributed by atoms with Crippen molar-refractivity contribution >= 4 is 192 Å². The van der Waals surface area contributed by atoms with E-state index in [9.17, 15) is 0 Å². The minimum Gasteiger partial charge on any atom is -0.456 e. The first-order valence-electron chi connectivity index (χ1n) is 50.3. The van der Waals surface area contributed by atoms with Crippen molar-refractivity contribution in [1.82, 2.24) is 13.7 Å². The lowest BCUT2D eigenvalue weighted by Crippen LogP contribution is -2.10. The zero-order valence-corrected chi connectivity index (χ0v) is 80.4. The Morgan fingerprint density at radius 2 is 0.456 bits per heavy atom. The molecule has 29 rings (SSSR count). The van der Waals surface area contributed by atoms with Gasteiger partial charge in [-0.15, -0.1) is 0 Å². The summed E-state index contributed by atoms with van der Waals surface area (Å²) < 4.78 is 13.7. The van der Waals surface area contributed by atoms with Crippen LogP contribution in [0.2, 0.25) is 0 Å². The average molecular weight is 1880 g/mol. The van der Waals surface area contributed by atoms with Gasteiger partial charge in [0.2, 0.25) is 0 Å². The average Bonchev–Trinajstić information content (AvgIpc) is 1.57. The maximum absolute atomic E-state index is 6.43. The Morgan fingerprint density at radius 3 is 0.939 bits per heavy atom. The SMILES string of the molecule is c1ccc(-c2ccc(N(c3ccc(-c4ccccc4)cc3)c3ccc4c(c3)c3ccc5ccccc5c3n4-c3ccc4ccccc4c3)cc2)cc1.c1ccc(-c2ccc(N(c3ccc4c(c3)oc3ccccc34)c3cccc4c3c3ccc5ccccc5c3n4-c3ccccc3)cc2)cc1.c1ccc(N(c2ccc(-c3ccc4ccccc4c3)cc2)c2ccc3c(c2)c2ccc4ccccc4c2n3-c2ccccc2)cc1. The zero-order valence-electron chi connectivity index (χ0n) is 80.4. The largest absolute Gasteiger partial charge is 0.456 e. The molecule has 0 atom stereocenters. The Morgan fingerprint density at radius 1 is 0.143 bits per heavy atom. The first kappa shape index (κ1) is 86.5. The van der Waals surface area contributed by atoms with E-state index in [1.54, 1.807) is 0 Å². The van der Waals surface area contributed by atoms with Gasteiger partial charge in [-0.1, -0.05) is 394 Å². The molecule has 0 amide bonds. The number of nitrogens with zero attached hydrogens (tertiary/aromatic N) is 6. The molecule has 0 fully saturated rings. The van der Waals surface area contributed by atoms with Crippen molar-refractivity contribution in [2.24, 2.45) is 0 Å². The molecule has 25 aromatic carbocycles. The number of hydrogen-bond acceptors (Lipinski definition) is 4. The Kier molecular flexibility index (Phi) is 21.8. The van der Waals surface area contributed by atoms with Gasteiger partial charge in [-0.05, 0) is 252 Å². The van der Waals surface area contributed by atoms with Crippen LogP contribution in [-0.2, 0) is 0 Å². The van der Waals surface area contributed by atoms with Gasteiger partial charge in [-0.2, -0.15) is 0 Å². The quantitative estimate of drug-likeness (QED) is 0.0966. The zero-order chi connectivity index (χ0) is 97.2. The predicted octanol–water partition coefficient (Wildman–Crippen LogP) is 39.1. The van der Waals surface area contributed by atoms with Gasteiger partial charge in [0.15, 0.2) is 0 Å². The highest BCUT2D eigenvalue weighted by Crippen LogP contribution is 2.51. The number of furan rings is 1. The predicted molar refractivity (Wildman–Crippen MR) is 623 cm³/mol. The topological polar surface area (TPSA) is 37.6 Å². The molecule has 0 saturated carbocycles. The molecule has 29 aromatic rings. The summed E-state index contributed by atoms with van der Waals surface area (Å²) in [6, 6.07) is 205. The fourth-order valence-corrected chi connectivity index (χ4v) is 22.3. The van der Waals surface area contributed by atoms with E-state index < -0.39 is 0 Å². The fourth-order valence-electron chi connectivity index (χ4n) is 22.3. The number of hydrogen-bond donors (Lipinski definition) is 0. The van der Waals surface area contributed by atoms with Crippen LogP contribution < -0.4 is 14.7 Å². The summed E-state index contributed by atoms with van der Waals surface area (Å²) >= 11 is 0. The van der Waals surface area contributed by atoms with E-state index in [1.165, 1.54) is 158 Å². The van der Waals surface area contributed by atoms with Crippen molar-refractivity contribution in [2.75, 3.05) is 14.7 Å². The van der Waals surface area contributed by atoms with Gasteiger partial charge in [0, 0.05) is 128 Å². The second kappa shape index (κ2) is 37.1. The highest BCUT2D eigenvalue weighted by molar-refractivity contribution is 6.25. The second-order valence-electron chi connectivity index (χ2n) is 37.8. The first-order chi connectivity index (χ1) is 72.9. The van der Waals surface area contributed by atoms with Crippen LogP contribution in [0.25, 0.3) is 203 Å². The molecule has 7 heteroatoms. The van der Waals surface area contributed by atoms with Crippen LogP contribution in [-0.4, -0.2) is 13.7 Å². The number of anilines is 9. The lowest BCUT2D eigenvalue weighted by molar-refractivity contribution is 0.669. The van der Waals surface area contributed by atoms with Gasteiger partial charge in [0.25, 0.3) is 0 Å². The van der Waals surface area contributed by atoms with E-state index in [4.69, 9.17) is 4.42 Å². The summed E-state index contributed by atoms with van der Waals surface area (Å²) in [6.07, 6.45) is 0. The summed E-state index contributed by atoms with van der Waals surface area (Å²) in [6.45, 7) is 0. The first-order valence-corrected chi connectivity index (χ1v) is 50.3. The van der Waals surface area contributed by atoms with Crippen molar-refractivity contribution in [3.05, 3.63) is 570 Å². The smallest absolute Gasteiger partial charge is 0.137 e. The van der Waals surface area contributed by atoms with Crippen LogP contribution in [0.4, 0.5) is 51.2 Å². The number of para-hydroxylation sites is 4. The van der Waals surface area contributed by atoms with Gasteiger partial charge in [0.1, 0.15) is 11.2 Å². The number of fused-ring (bicyclic) bond motifs is 20. The Hall–Kier alpha value is -19.6. The Labute approximate surface area is 850 Å². The minimum absolute atomic E-state index is 0.870. The minimum atomic E-state index is 0.870. The molecule has 0 bridgehead atoms. The number of aromatic nitrogens is 3. The molecule has 0 spiro atoms. The molecular formula is C140H94N6O. The van der Waals surface area contributed by atoms with Crippen LogP contribution >= 0.6 is 0 Å². The molecule has 0 aliphatic carbocycles. The van der Waals surface area contributed by atoms with Crippen LogP contribution in [0.15, 0.2) is 575 Å². The van der Waals surface area contributed by atoms with Crippen molar-refractivity contribution < 1.29 is 4.42 Å². The van der Waals surface area contributed by atoms with E-state index in [0.29, 0.717) is 0 Å². The lowest BCUT2D eigenvalue weighted by Gasteiger charge is -2.26. The summed E-state index contributed by atoms with van der Waals surface area (Å²) in [7, 11) is 0. The Bertz CT molecular complexity index is 9940. The van der Waals surface area contributed by atoms with Gasteiger partial charge < -0.3 is 32.8 Å². The standard InChI is InChI=1S/C50H34N2.C46H30N2O.C44H30N2/c1-3-11-35(12-4-1)38-19-25-42(26-20-38)51(43-27-21-39(22-28-43)36-13-5-2-6-14-36)45-30-32-49-48(34-45)47-31-24-40-16-9-10-18-46(40)50(47)52(49)44-29-23-37-15-7-8-17-41(37)33-44;1-3-12-31(13-4-1)32-22-25-35(26-23-32)47(36-27-29-39-38-18-9-10-21-43(38)49-44(39)30-36)41-19-11-20-42-45(41)40-28-24-33-14-7-8-17-37(33)46(40)48(42)34-15-5-2-6-16-34;1-3-14-36(15-4-1)45(38-24-21-32(22-25-38)35-20-19-31-11-7-8-13-34(31)29-35)39-26-28-43-42(30-39)41-27-23-33-12-9-10-18-40(33)44(41)46(43)37-16-5-2-6-17-37/h1-34H;1-30H;1-30H. The van der Waals surface area contributed by atoms with Crippen molar-refractivity contribution in [3.8, 4) is 61.6 Å².